The normalized spacial score (nSPS) is 14.0. The summed E-state index contributed by atoms with van der Waals surface area (Å²) in [5.41, 5.74) is 2.68. The number of hydrogen-bond acceptors (Lipinski definition) is 7. The van der Waals surface area contributed by atoms with Gasteiger partial charge in [-0.1, -0.05) is 0 Å². The number of carboxylic acid groups (broad SMARTS) is 1. The molecule has 0 aliphatic carbocycles. The van der Waals surface area contributed by atoms with Crippen LogP contribution in [0, 0.1) is 0 Å². The van der Waals surface area contributed by atoms with Crippen LogP contribution in [0.15, 0.2) is 24.5 Å². The summed E-state index contributed by atoms with van der Waals surface area (Å²) in [7, 11) is -3.13. The lowest BCUT2D eigenvalue weighted by Gasteiger charge is -2.25. The van der Waals surface area contributed by atoms with Gasteiger partial charge in [0.2, 0.25) is 5.95 Å². The van der Waals surface area contributed by atoms with Gasteiger partial charge in [-0.3, -0.25) is 4.98 Å². The third-order valence-corrected chi connectivity index (χ3v) is 4.53. The zero-order valence-corrected chi connectivity index (χ0v) is 14.3. The number of pyridine rings is 1. The van der Waals surface area contributed by atoms with Gasteiger partial charge in [0, 0.05) is 19.0 Å². The van der Waals surface area contributed by atoms with Crippen LogP contribution in [0.4, 0.5) is 16.4 Å². The number of nitrogens with one attached hydrogen (secondary N) is 1. The van der Waals surface area contributed by atoms with Crippen molar-refractivity contribution < 1.29 is 18.3 Å². The minimum atomic E-state index is -3.13. The van der Waals surface area contributed by atoms with Gasteiger partial charge in [0.25, 0.3) is 0 Å². The molecule has 2 aromatic rings. The van der Waals surface area contributed by atoms with E-state index in [1.807, 2.05) is 0 Å². The van der Waals surface area contributed by atoms with Gasteiger partial charge in [0.1, 0.15) is 0 Å². The van der Waals surface area contributed by atoms with Crippen molar-refractivity contribution in [2.45, 2.75) is 18.7 Å². The highest BCUT2D eigenvalue weighted by atomic mass is 32.2. The minimum absolute atomic E-state index is 0.117. The summed E-state index contributed by atoms with van der Waals surface area (Å²) < 4.78 is 22.5. The van der Waals surface area contributed by atoms with Crippen molar-refractivity contribution >= 4 is 27.6 Å². The molecule has 25 heavy (non-hydrogen) atoms. The lowest BCUT2D eigenvalue weighted by molar-refractivity contribution is 0.139. The monoisotopic (exact) mass is 363 g/mol. The van der Waals surface area contributed by atoms with Crippen molar-refractivity contribution in [1.82, 2.24) is 19.9 Å². The standard InChI is InChI=1S/C15H17N5O4S/c1-25(23,24)9-12-3-2-11(7-16-12)18-14-17-6-10-4-5-20(15(21)22)8-13(10)19-14/h2-3,6-7H,4-5,8-9H2,1H3,(H,21,22)(H,17,18,19). The first-order valence-corrected chi connectivity index (χ1v) is 9.58. The van der Waals surface area contributed by atoms with Crippen LogP contribution >= 0.6 is 0 Å². The molecule has 0 spiro atoms. The van der Waals surface area contributed by atoms with Crippen LogP contribution in [0.5, 0.6) is 0 Å². The van der Waals surface area contributed by atoms with E-state index in [-0.39, 0.29) is 12.3 Å². The number of aromatic nitrogens is 3. The van der Waals surface area contributed by atoms with Gasteiger partial charge in [-0.25, -0.2) is 23.2 Å². The zero-order valence-electron chi connectivity index (χ0n) is 13.5. The van der Waals surface area contributed by atoms with Crippen molar-refractivity contribution in [3.05, 3.63) is 41.5 Å². The van der Waals surface area contributed by atoms with Crippen molar-refractivity contribution in [2.24, 2.45) is 0 Å². The lowest BCUT2D eigenvalue weighted by Crippen LogP contribution is -2.35. The van der Waals surface area contributed by atoms with Crippen molar-refractivity contribution in [2.75, 3.05) is 18.1 Å². The Morgan fingerprint density at radius 3 is 2.76 bits per heavy atom. The highest BCUT2D eigenvalue weighted by molar-refractivity contribution is 7.89. The fourth-order valence-electron chi connectivity index (χ4n) is 2.51. The smallest absolute Gasteiger partial charge is 0.407 e. The molecule has 3 rings (SSSR count). The van der Waals surface area contributed by atoms with Crippen molar-refractivity contribution in [3.63, 3.8) is 0 Å². The van der Waals surface area contributed by atoms with Gasteiger partial charge in [-0.2, -0.15) is 0 Å². The molecular formula is C15H17N5O4S. The molecule has 1 aliphatic rings. The van der Waals surface area contributed by atoms with Gasteiger partial charge >= 0.3 is 6.09 Å². The maximum Gasteiger partial charge on any atom is 0.407 e. The highest BCUT2D eigenvalue weighted by Crippen LogP contribution is 2.19. The average Bonchev–Trinajstić information content (AvgIpc) is 2.54. The van der Waals surface area contributed by atoms with E-state index in [2.05, 4.69) is 20.3 Å². The predicted molar refractivity (Wildman–Crippen MR) is 90.2 cm³/mol. The minimum Gasteiger partial charge on any atom is -0.465 e. The molecular weight excluding hydrogens is 346 g/mol. The van der Waals surface area contributed by atoms with Gasteiger partial charge < -0.3 is 15.3 Å². The van der Waals surface area contributed by atoms with Crippen LogP contribution in [0.2, 0.25) is 0 Å². The Labute approximate surface area is 144 Å². The Kier molecular flexibility index (Phi) is 4.53. The van der Waals surface area contributed by atoms with Gasteiger partial charge in [-0.15, -0.1) is 0 Å². The Morgan fingerprint density at radius 2 is 2.12 bits per heavy atom. The number of amides is 1. The maximum atomic E-state index is 11.3. The Hall–Kier alpha value is -2.75. The molecule has 0 unspecified atom stereocenters. The summed E-state index contributed by atoms with van der Waals surface area (Å²) in [5.74, 6) is 0.219. The molecule has 132 valence electrons. The third-order valence-electron chi connectivity index (χ3n) is 3.71. The van der Waals surface area contributed by atoms with E-state index < -0.39 is 15.9 Å². The van der Waals surface area contributed by atoms with E-state index in [1.165, 1.54) is 11.1 Å². The van der Waals surface area contributed by atoms with E-state index >= 15 is 0 Å². The Bertz CT molecular complexity index is 899. The average molecular weight is 363 g/mol. The van der Waals surface area contributed by atoms with Crippen LogP contribution in [-0.2, 0) is 28.6 Å². The topological polar surface area (TPSA) is 125 Å². The zero-order chi connectivity index (χ0) is 18.0. The van der Waals surface area contributed by atoms with Crippen molar-refractivity contribution in [1.29, 1.82) is 0 Å². The first kappa shape index (κ1) is 17.1. The Morgan fingerprint density at radius 1 is 1.32 bits per heavy atom. The summed E-state index contributed by atoms with van der Waals surface area (Å²) in [6, 6.07) is 3.31. The molecule has 0 bridgehead atoms. The predicted octanol–water partition coefficient (Wildman–Crippen LogP) is 1.20. The van der Waals surface area contributed by atoms with Crippen LogP contribution in [-0.4, -0.2) is 52.3 Å². The number of nitrogens with zero attached hydrogens (tertiary/aromatic N) is 4. The Balaban J connectivity index is 1.73. The molecule has 0 saturated carbocycles. The number of hydrogen-bond donors (Lipinski definition) is 2. The molecule has 0 atom stereocenters. The van der Waals surface area contributed by atoms with E-state index in [0.29, 0.717) is 36.0 Å². The molecule has 0 fully saturated rings. The SMILES string of the molecule is CS(=O)(=O)Cc1ccc(Nc2ncc3c(n2)CN(C(=O)O)CC3)cn1. The van der Waals surface area contributed by atoms with Crippen LogP contribution < -0.4 is 5.32 Å². The first-order chi connectivity index (χ1) is 11.8. The number of rotatable bonds is 4. The second-order valence-electron chi connectivity index (χ2n) is 5.85. The summed E-state index contributed by atoms with van der Waals surface area (Å²) in [4.78, 5) is 25.1. The van der Waals surface area contributed by atoms with Crippen molar-refractivity contribution in [3.8, 4) is 0 Å². The second kappa shape index (κ2) is 6.63. The van der Waals surface area contributed by atoms with Crippen LogP contribution in [0.25, 0.3) is 0 Å². The molecule has 10 heteroatoms. The van der Waals surface area contributed by atoms with E-state index in [9.17, 15) is 13.2 Å². The summed E-state index contributed by atoms with van der Waals surface area (Å²) in [5, 5.41) is 12.1. The number of anilines is 2. The van der Waals surface area contributed by atoms with E-state index in [0.717, 1.165) is 11.8 Å². The molecule has 1 aliphatic heterocycles. The molecule has 0 aromatic carbocycles. The largest absolute Gasteiger partial charge is 0.465 e. The molecule has 1 amide bonds. The fourth-order valence-corrected chi connectivity index (χ4v) is 3.22. The summed E-state index contributed by atoms with van der Waals surface area (Å²) >= 11 is 0. The summed E-state index contributed by atoms with van der Waals surface area (Å²) in [6.45, 7) is 0.664. The molecule has 2 aromatic heterocycles. The van der Waals surface area contributed by atoms with E-state index in [1.54, 1.807) is 18.3 Å². The number of fused-ring (bicyclic) bond motifs is 1. The van der Waals surface area contributed by atoms with Crippen LogP contribution in [0.3, 0.4) is 0 Å². The lowest BCUT2D eigenvalue weighted by atomic mass is 10.1. The second-order valence-corrected chi connectivity index (χ2v) is 7.99. The van der Waals surface area contributed by atoms with Gasteiger partial charge in [-0.05, 0) is 24.1 Å². The maximum absolute atomic E-state index is 11.3. The molecule has 3 heterocycles. The number of carbonyl (C=O) groups is 1. The number of sulfone groups is 1. The molecule has 0 radical (unpaired) electrons. The van der Waals surface area contributed by atoms with Crippen LogP contribution in [0.1, 0.15) is 17.0 Å². The summed E-state index contributed by atoms with van der Waals surface area (Å²) in [6.07, 6.45) is 3.97. The van der Waals surface area contributed by atoms with Gasteiger partial charge in [0.15, 0.2) is 9.84 Å². The van der Waals surface area contributed by atoms with E-state index in [4.69, 9.17) is 5.11 Å². The molecule has 9 nitrogen and oxygen atoms in total. The fraction of sp³-hybridized carbons (Fsp3) is 0.333. The van der Waals surface area contributed by atoms with Gasteiger partial charge in [0.05, 0.1) is 35.6 Å². The highest BCUT2D eigenvalue weighted by Gasteiger charge is 2.21. The quantitative estimate of drug-likeness (QED) is 0.830. The molecule has 0 saturated heterocycles. The molecule has 2 N–H and O–H groups in total. The third kappa shape index (κ3) is 4.41. The first-order valence-electron chi connectivity index (χ1n) is 7.52.